The molecule has 0 saturated carbocycles. The fourth-order valence-electron chi connectivity index (χ4n) is 3.58. The summed E-state index contributed by atoms with van der Waals surface area (Å²) >= 11 is 2.84. The van der Waals surface area contributed by atoms with Gasteiger partial charge in [-0.15, -0.1) is 23.1 Å². The number of benzene rings is 2. The maximum atomic E-state index is 13.4. The molecule has 1 saturated heterocycles. The van der Waals surface area contributed by atoms with Gasteiger partial charge in [0.05, 0.1) is 10.2 Å². The Balaban J connectivity index is 1.96. The summed E-state index contributed by atoms with van der Waals surface area (Å²) in [5.74, 6) is -0.304. The van der Waals surface area contributed by atoms with Crippen LogP contribution < -0.4 is 14.8 Å². The molecule has 2 aromatic carbocycles. The third-order valence-electron chi connectivity index (χ3n) is 5.18. The summed E-state index contributed by atoms with van der Waals surface area (Å²) in [6.45, 7) is 1.29. The predicted octanol–water partition coefficient (Wildman–Crippen LogP) is 2.75. The number of nitrogens with zero attached hydrogens (tertiary/aromatic N) is 3. The Morgan fingerprint density at radius 3 is 2.39 bits per heavy atom. The molecule has 0 N–H and O–H groups in total. The van der Waals surface area contributed by atoms with Gasteiger partial charge in [-0.2, -0.15) is 5.26 Å². The number of likely N-dealkylation sites (tertiary alicyclic amines) is 1. The van der Waals surface area contributed by atoms with Crippen molar-refractivity contribution in [1.82, 2.24) is 9.47 Å². The van der Waals surface area contributed by atoms with Gasteiger partial charge in [0.2, 0.25) is 0 Å². The van der Waals surface area contributed by atoms with E-state index in [1.807, 2.05) is 66.9 Å². The fraction of sp³-hybridized carbons (Fsp3) is 0.208. The molecule has 1 amide bonds. The van der Waals surface area contributed by atoms with E-state index in [1.165, 1.54) is 15.9 Å². The highest BCUT2D eigenvalue weighted by atomic mass is 32.2. The van der Waals surface area contributed by atoms with E-state index in [0.717, 1.165) is 23.3 Å². The van der Waals surface area contributed by atoms with E-state index in [-0.39, 0.29) is 17.0 Å². The standard InChI is InChI=1S/C24H21N3O2S2/c1-30-19-11-9-17(10-12-19)15-21-23(29)27(18-7-3-2-4-8-18)24(31-21)20(16-25)22(28)26-13-5-6-14-26/h2-4,7-12,15H,5-6,13-14H2,1H3/b21-15-,24-20-. The van der Waals surface area contributed by atoms with Crippen LogP contribution in [-0.2, 0) is 4.79 Å². The van der Waals surface area contributed by atoms with Gasteiger partial charge in [0.15, 0.2) is 5.57 Å². The van der Waals surface area contributed by atoms with E-state index in [4.69, 9.17) is 0 Å². The average Bonchev–Trinajstić information content (AvgIpc) is 3.45. The van der Waals surface area contributed by atoms with Crippen LogP contribution in [0.25, 0.3) is 17.3 Å². The Labute approximate surface area is 188 Å². The maximum Gasteiger partial charge on any atom is 0.273 e. The highest BCUT2D eigenvalue weighted by Crippen LogP contribution is 2.15. The molecule has 31 heavy (non-hydrogen) atoms. The molecule has 0 radical (unpaired) electrons. The molecule has 0 aliphatic carbocycles. The van der Waals surface area contributed by atoms with Crippen molar-refractivity contribution in [3.8, 4) is 11.8 Å². The minimum Gasteiger partial charge on any atom is -0.338 e. The largest absolute Gasteiger partial charge is 0.338 e. The minimum absolute atomic E-state index is 0.0187. The highest BCUT2D eigenvalue weighted by Gasteiger charge is 2.24. The van der Waals surface area contributed by atoms with E-state index in [0.29, 0.717) is 28.0 Å². The molecule has 7 heteroatoms. The maximum absolute atomic E-state index is 13.4. The number of carbonyl (C=O) groups excluding carboxylic acids is 1. The number of para-hydroxylation sites is 1. The Morgan fingerprint density at radius 1 is 1.10 bits per heavy atom. The first-order valence-corrected chi connectivity index (χ1v) is 12.0. The zero-order valence-corrected chi connectivity index (χ0v) is 18.7. The van der Waals surface area contributed by atoms with Gasteiger partial charge in [-0.1, -0.05) is 30.3 Å². The molecule has 1 aliphatic heterocycles. The lowest BCUT2D eigenvalue weighted by molar-refractivity contribution is -0.123. The fourth-order valence-corrected chi connectivity index (χ4v) is 5.08. The highest BCUT2D eigenvalue weighted by molar-refractivity contribution is 7.98. The van der Waals surface area contributed by atoms with Gasteiger partial charge in [-0.3, -0.25) is 14.2 Å². The molecule has 1 aliphatic rings. The van der Waals surface area contributed by atoms with Crippen LogP contribution in [0.1, 0.15) is 18.4 Å². The zero-order valence-electron chi connectivity index (χ0n) is 17.1. The first-order chi connectivity index (χ1) is 15.1. The van der Waals surface area contributed by atoms with Gasteiger partial charge >= 0.3 is 0 Å². The van der Waals surface area contributed by atoms with Gasteiger partial charge in [0.25, 0.3) is 11.5 Å². The number of thiazole rings is 1. The summed E-state index contributed by atoms with van der Waals surface area (Å²) in [5, 5.41) is 9.87. The van der Waals surface area contributed by atoms with Crippen LogP contribution in [0.4, 0.5) is 0 Å². The van der Waals surface area contributed by atoms with Crippen LogP contribution in [0.5, 0.6) is 0 Å². The number of aromatic nitrogens is 1. The van der Waals surface area contributed by atoms with Crippen LogP contribution in [0, 0.1) is 11.3 Å². The van der Waals surface area contributed by atoms with Crippen LogP contribution >= 0.6 is 23.1 Å². The number of nitriles is 1. The van der Waals surface area contributed by atoms with Gasteiger partial charge in [-0.05, 0) is 55.0 Å². The molecule has 0 unspecified atom stereocenters. The van der Waals surface area contributed by atoms with E-state index in [1.54, 1.807) is 16.7 Å². The Bertz CT molecular complexity index is 1310. The summed E-state index contributed by atoms with van der Waals surface area (Å²) in [7, 11) is 0. The summed E-state index contributed by atoms with van der Waals surface area (Å²) in [6, 6.07) is 19.2. The molecule has 0 bridgehead atoms. The SMILES string of the molecule is CSc1ccc(/C=c2\s/c(=C(/C#N)C(=O)N3CCCC3)n(-c3ccccc3)c2=O)cc1. The Morgan fingerprint density at radius 2 is 1.77 bits per heavy atom. The first-order valence-electron chi connectivity index (χ1n) is 9.99. The number of hydrogen-bond donors (Lipinski definition) is 0. The quantitative estimate of drug-likeness (QED) is 0.577. The number of carbonyl (C=O) groups is 1. The van der Waals surface area contributed by atoms with Crippen molar-refractivity contribution >= 4 is 40.7 Å². The third-order valence-corrected chi connectivity index (χ3v) is 7.02. The first kappa shape index (κ1) is 21.2. The number of thioether (sulfide) groups is 1. The molecular formula is C24H21N3O2S2. The topological polar surface area (TPSA) is 66.1 Å². The molecule has 4 rings (SSSR count). The average molecular weight is 448 g/mol. The zero-order chi connectivity index (χ0) is 21.8. The van der Waals surface area contributed by atoms with Crippen molar-refractivity contribution in [2.24, 2.45) is 0 Å². The number of amides is 1. The van der Waals surface area contributed by atoms with Crippen LogP contribution in [0.3, 0.4) is 0 Å². The summed E-state index contributed by atoms with van der Waals surface area (Å²) in [5.41, 5.74) is 1.32. The van der Waals surface area contributed by atoms with Crippen molar-refractivity contribution in [3.63, 3.8) is 0 Å². The molecule has 156 valence electrons. The van der Waals surface area contributed by atoms with Crippen LogP contribution in [-0.4, -0.2) is 34.7 Å². The van der Waals surface area contributed by atoms with Gasteiger partial charge in [0, 0.05) is 18.0 Å². The van der Waals surface area contributed by atoms with Crippen molar-refractivity contribution in [1.29, 1.82) is 5.26 Å². The second-order valence-electron chi connectivity index (χ2n) is 7.15. The van der Waals surface area contributed by atoms with Crippen LogP contribution in [0.2, 0.25) is 0 Å². The van der Waals surface area contributed by atoms with E-state index in [2.05, 4.69) is 6.07 Å². The second kappa shape index (κ2) is 9.38. The predicted molar refractivity (Wildman–Crippen MR) is 126 cm³/mol. The van der Waals surface area contributed by atoms with Gasteiger partial charge in [0.1, 0.15) is 10.7 Å². The minimum atomic E-state index is -0.304. The molecule has 1 fully saturated rings. The number of hydrogen-bond acceptors (Lipinski definition) is 5. The van der Waals surface area contributed by atoms with Gasteiger partial charge < -0.3 is 4.90 Å². The van der Waals surface area contributed by atoms with Crippen molar-refractivity contribution < 1.29 is 4.79 Å². The Hall–Kier alpha value is -3.08. The summed E-state index contributed by atoms with van der Waals surface area (Å²) in [6.07, 6.45) is 5.70. The Kier molecular flexibility index (Phi) is 6.40. The van der Waals surface area contributed by atoms with E-state index >= 15 is 0 Å². The van der Waals surface area contributed by atoms with E-state index in [9.17, 15) is 14.9 Å². The molecule has 5 nitrogen and oxygen atoms in total. The summed E-state index contributed by atoms with van der Waals surface area (Å²) < 4.78 is 2.35. The van der Waals surface area contributed by atoms with Crippen molar-refractivity contribution in [2.45, 2.75) is 17.7 Å². The lowest BCUT2D eigenvalue weighted by Gasteiger charge is -2.14. The molecular weight excluding hydrogens is 426 g/mol. The van der Waals surface area contributed by atoms with Crippen LogP contribution in [0.15, 0.2) is 64.3 Å². The van der Waals surface area contributed by atoms with Crippen molar-refractivity contribution in [2.75, 3.05) is 19.3 Å². The molecule has 1 aromatic heterocycles. The number of rotatable bonds is 4. The van der Waals surface area contributed by atoms with Gasteiger partial charge in [-0.25, -0.2) is 0 Å². The van der Waals surface area contributed by atoms with E-state index < -0.39 is 0 Å². The third kappa shape index (κ3) is 4.36. The lowest BCUT2D eigenvalue weighted by atomic mass is 10.2. The normalized spacial score (nSPS) is 15.1. The smallest absolute Gasteiger partial charge is 0.273 e. The lowest BCUT2D eigenvalue weighted by Crippen LogP contribution is -2.35. The molecule has 3 aromatic rings. The molecule has 2 heterocycles. The van der Waals surface area contributed by atoms with Crippen molar-refractivity contribution in [3.05, 3.63) is 79.7 Å². The monoisotopic (exact) mass is 447 g/mol. The molecule has 0 spiro atoms. The second-order valence-corrected chi connectivity index (χ2v) is 9.06. The molecule has 0 atom stereocenters. The summed E-state index contributed by atoms with van der Waals surface area (Å²) in [4.78, 5) is 29.3.